The van der Waals surface area contributed by atoms with E-state index in [2.05, 4.69) is 0 Å². The van der Waals surface area contributed by atoms with Crippen LogP contribution in [0.4, 0.5) is 4.39 Å². The molecule has 1 aliphatic rings. The molecule has 0 heterocycles. The minimum absolute atomic E-state index is 0.220. The van der Waals surface area contributed by atoms with Gasteiger partial charge in [0.2, 0.25) is 0 Å². The molecule has 0 fully saturated rings. The summed E-state index contributed by atoms with van der Waals surface area (Å²) in [6, 6.07) is 9.92. The van der Waals surface area contributed by atoms with Gasteiger partial charge in [0.05, 0.1) is 6.10 Å². The average molecular weight is 307 g/mol. The minimum atomic E-state index is -0.375. The van der Waals surface area contributed by atoms with E-state index in [9.17, 15) is 9.50 Å². The number of aliphatic hydroxyl groups excluding tert-OH is 1. The zero-order valence-electron chi connectivity index (χ0n) is 11.5. The van der Waals surface area contributed by atoms with Crippen molar-refractivity contribution in [2.75, 3.05) is 0 Å². The minimum Gasteiger partial charge on any atom is -0.489 e. The van der Waals surface area contributed by atoms with Gasteiger partial charge >= 0.3 is 0 Å². The van der Waals surface area contributed by atoms with Crippen LogP contribution in [0.1, 0.15) is 35.6 Å². The van der Waals surface area contributed by atoms with E-state index in [0.717, 1.165) is 30.4 Å². The zero-order valence-corrected chi connectivity index (χ0v) is 12.2. The van der Waals surface area contributed by atoms with Crippen molar-refractivity contribution in [2.45, 2.75) is 32.0 Å². The lowest BCUT2D eigenvalue weighted by Crippen LogP contribution is -2.09. The van der Waals surface area contributed by atoms with Gasteiger partial charge in [0.15, 0.2) is 0 Å². The van der Waals surface area contributed by atoms with E-state index in [0.29, 0.717) is 16.3 Å². The van der Waals surface area contributed by atoms with E-state index in [1.807, 2.05) is 18.2 Å². The number of ether oxygens (including phenoxy) is 1. The second-order valence-electron chi connectivity index (χ2n) is 5.29. The lowest BCUT2D eigenvalue weighted by Gasteiger charge is -2.21. The first-order chi connectivity index (χ1) is 10.1. The Balaban J connectivity index is 1.75. The van der Waals surface area contributed by atoms with E-state index in [1.54, 1.807) is 0 Å². The fraction of sp³-hybridized carbons (Fsp3) is 0.294. The smallest absolute Gasteiger partial charge is 0.123 e. The lowest BCUT2D eigenvalue weighted by molar-refractivity contribution is 0.156. The van der Waals surface area contributed by atoms with Gasteiger partial charge in [-0.05, 0) is 60.7 Å². The molecule has 0 aliphatic heterocycles. The van der Waals surface area contributed by atoms with E-state index in [4.69, 9.17) is 16.3 Å². The number of benzene rings is 2. The van der Waals surface area contributed by atoms with Crippen molar-refractivity contribution in [3.8, 4) is 5.75 Å². The van der Waals surface area contributed by atoms with Crippen LogP contribution < -0.4 is 4.74 Å². The number of halogens is 2. The molecule has 1 N–H and O–H groups in total. The molecule has 110 valence electrons. The molecule has 4 heteroatoms. The third-order valence-corrected chi connectivity index (χ3v) is 4.17. The first-order valence-corrected chi connectivity index (χ1v) is 7.39. The quantitative estimate of drug-likeness (QED) is 0.909. The van der Waals surface area contributed by atoms with Crippen molar-refractivity contribution < 1.29 is 14.2 Å². The molecule has 2 aromatic carbocycles. The Labute approximate surface area is 128 Å². The summed E-state index contributed by atoms with van der Waals surface area (Å²) in [5.74, 6) is 0.384. The highest BCUT2D eigenvalue weighted by atomic mass is 35.5. The SMILES string of the molecule is OC1CCCc2cc(OCc3cc(F)ccc3Cl)ccc21. The summed E-state index contributed by atoms with van der Waals surface area (Å²) in [4.78, 5) is 0. The van der Waals surface area contributed by atoms with Crippen LogP contribution in [0.5, 0.6) is 5.75 Å². The molecule has 0 amide bonds. The monoisotopic (exact) mass is 306 g/mol. The number of aryl methyl sites for hydroxylation is 1. The van der Waals surface area contributed by atoms with Crippen LogP contribution in [0.25, 0.3) is 0 Å². The van der Waals surface area contributed by atoms with Gasteiger partial charge in [0.25, 0.3) is 0 Å². The van der Waals surface area contributed by atoms with E-state index in [-0.39, 0.29) is 18.5 Å². The van der Waals surface area contributed by atoms with Crippen molar-refractivity contribution in [1.82, 2.24) is 0 Å². The summed E-state index contributed by atoms with van der Waals surface area (Å²) in [5, 5.41) is 10.4. The van der Waals surface area contributed by atoms with E-state index < -0.39 is 0 Å². The van der Waals surface area contributed by atoms with Gasteiger partial charge in [-0.1, -0.05) is 17.7 Å². The van der Waals surface area contributed by atoms with Crippen LogP contribution in [0, 0.1) is 5.82 Å². The number of fused-ring (bicyclic) bond motifs is 1. The van der Waals surface area contributed by atoms with Gasteiger partial charge in [-0.2, -0.15) is 0 Å². The molecule has 0 spiro atoms. The third kappa shape index (κ3) is 3.20. The largest absolute Gasteiger partial charge is 0.489 e. The first kappa shape index (κ1) is 14.4. The van der Waals surface area contributed by atoms with Gasteiger partial charge in [-0.25, -0.2) is 4.39 Å². The number of hydrogen-bond acceptors (Lipinski definition) is 2. The average Bonchev–Trinajstić information content (AvgIpc) is 2.48. The Kier molecular flexibility index (Phi) is 4.13. The predicted octanol–water partition coefficient (Wildman–Crippen LogP) is 4.43. The highest BCUT2D eigenvalue weighted by molar-refractivity contribution is 6.31. The molecular weight excluding hydrogens is 291 g/mol. The molecule has 0 aromatic heterocycles. The molecule has 0 radical (unpaired) electrons. The molecule has 1 aliphatic carbocycles. The first-order valence-electron chi connectivity index (χ1n) is 7.01. The van der Waals surface area contributed by atoms with Gasteiger partial charge < -0.3 is 9.84 Å². The van der Waals surface area contributed by atoms with Crippen LogP contribution in [-0.2, 0) is 13.0 Å². The summed E-state index contributed by atoms with van der Waals surface area (Å²) in [7, 11) is 0. The molecule has 2 aromatic rings. The molecule has 0 bridgehead atoms. The molecule has 3 rings (SSSR count). The second kappa shape index (κ2) is 6.04. The maximum absolute atomic E-state index is 13.2. The summed E-state index contributed by atoms with van der Waals surface area (Å²) in [5.41, 5.74) is 2.73. The Morgan fingerprint density at radius 1 is 1.24 bits per heavy atom. The summed E-state index contributed by atoms with van der Waals surface area (Å²) < 4.78 is 18.9. The highest BCUT2D eigenvalue weighted by Gasteiger charge is 2.18. The maximum atomic E-state index is 13.2. The predicted molar refractivity (Wildman–Crippen MR) is 80.1 cm³/mol. The molecule has 2 nitrogen and oxygen atoms in total. The Morgan fingerprint density at radius 2 is 2.10 bits per heavy atom. The standard InChI is InChI=1S/C17H16ClFO2/c18-16-7-4-13(19)8-12(16)10-21-14-5-6-15-11(9-14)2-1-3-17(15)20/h4-9,17,20H,1-3,10H2. The maximum Gasteiger partial charge on any atom is 0.123 e. The van der Waals surface area contributed by atoms with Crippen LogP contribution in [0.15, 0.2) is 36.4 Å². The molecule has 21 heavy (non-hydrogen) atoms. The van der Waals surface area contributed by atoms with E-state index >= 15 is 0 Å². The van der Waals surface area contributed by atoms with E-state index in [1.165, 1.54) is 18.2 Å². The van der Waals surface area contributed by atoms with Gasteiger partial charge in [0, 0.05) is 10.6 Å². The molecule has 0 saturated heterocycles. The lowest BCUT2D eigenvalue weighted by atomic mass is 9.89. The summed E-state index contributed by atoms with van der Waals surface area (Å²) >= 11 is 6.02. The van der Waals surface area contributed by atoms with Crippen LogP contribution >= 0.6 is 11.6 Å². The van der Waals surface area contributed by atoms with Crippen molar-refractivity contribution >= 4 is 11.6 Å². The Morgan fingerprint density at radius 3 is 2.95 bits per heavy atom. The zero-order chi connectivity index (χ0) is 14.8. The Hall–Kier alpha value is -1.58. The topological polar surface area (TPSA) is 29.5 Å². The molecular formula is C17H16ClFO2. The van der Waals surface area contributed by atoms with Crippen molar-refractivity contribution in [3.63, 3.8) is 0 Å². The number of aliphatic hydroxyl groups is 1. The van der Waals surface area contributed by atoms with Crippen LogP contribution in [-0.4, -0.2) is 5.11 Å². The summed E-state index contributed by atoms with van der Waals surface area (Å²) in [6.45, 7) is 0.220. The summed E-state index contributed by atoms with van der Waals surface area (Å²) in [6.07, 6.45) is 2.37. The molecule has 1 atom stereocenters. The molecule has 0 saturated carbocycles. The van der Waals surface area contributed by atoms with Crippen molar-refractivity contribution in [1.29, 1.82) is 0 Å². The van der Waals surface area contributed by atoms with Crippen molar-refractivity contribution in [3.05, 3.63) is 63.9 Å². The van der Waals surface area contributed by atoms with Gasteiger partial charge in [0.1, 0.15) is 18.2 Å². The normalized spacial score (nSPS) is 17.4. The highest BCUT2D eigenvalue weighted by Crippen LogP contribution is 2.32. The number of rotatable bonds is 3. The van der Waals surface area contributed by atoms with Gasteiger partial charge in [-0.15, -0.1) is 0 Å². The number of hydrogen-bond donors (Lipinski definition) is 1. The Bertz CT molecular complexity index is 657. The van der Waals surface area contributed by atoms with Crippen LogP contribution in [0.3, 0.4) is 0 Å². The fourth-order valence-corrected chi connectivity index (χ4v) is 2.84. The molecule has 1 unspecified atom stereocenters. The third-order valence-electron chi connectivity index (χ3n) is 3.80. The van der Waals surface area contributed by atoms with Crippen LogP contribution in [0.2, 0.25) is 5.02 Å². The van der Waals surface area contributed by atoms with Crippen molar-refractivity contribution in [2.24, 2.45) is 0 Å². The second-order valence-corrected chi connectivity index (χ2v) is 5.70. The van der Waals surface area contributed by atoms with Gasteiger partial charge in [-0.3, -0.25) is 0 Å². The fourth-order valence-electron chi connectivity index (χ4n) is 2.67.